The molecule has 0 bridgehead atoms. The molecule has 1 rings (SSSR count). The van der Waals surface area contributed by atoms with Gasteiger partial charge in [0, 0.05) is 18.5 Å². The molecule has 7 nitrogen and oxygen atoms in total. The van der Waals surface area contributed by atoms with Crippen LogP contribution in [0.25, 0.3) is 0 Å². The van der Waals surface area contributed by atoms with Crippen LogP contribution in [-0.4, -0.2) is 47.2 Å². The van der Waals surface area contributed by atoms with Crippen LogP contribution in [0, 0.1) is 0 Å². The first-order valence-electron chi connectivity index (χ1n) is 6.01. The zero-order valence-corrected chi connectivity index (χ0v) is 10.7. The zero-order chi connectivity index (χ0) is 15.0. The molecule has 0 saturated carbocycles. The van der Waals surface area contributed by atoms with Gasteiger partial charge in [0.2, 0.25) is 5.91 Å². The second-order valence-electron chi connectivity index (χ2n) is 4.04. The summed E-state index contributed by atoms with van der Waals surface area (Å²) in [7, 11) is 0. The van der Waals surface area contributed by atoms with E-state index in [0.29, 0.717) is 5.56 Å². The van der Waals surface area contributed by atoms with Crippen LogP contribution in [0.4, 0.5) is 0 Å². The van der Waals surface area contributed by atoms with Crippen molar-refractivity contribution in [3.05, 3.63) is 35.9 Å². The summed E-state index contributed by atoms with van der Waals surface area (Å²) >= 11 is 0. The Kier molecular flexibility index (Phi) is 6.18. The molecule has 0 saturated heterocycles. The van der Waals surface area contributed by atoms with Crippen molar-refractivity contribution in [1.29, 1.82) is 0 Å². The highest BCUT2D eigenvalue weighted by molar-refractivity contribution is 5.96. The van der Waals surface area contributed by atoms with Gasteiger partial charge in [0.25, 0.3) is 5.91 Å². The van der Waals surface area contributed by atoms with Gasteiger partial charge in [0.1, 0.15) is 0 Å². The molecule has 1 aromatic carbocycles. The minimum Gasteiger partial charge on any atom is -0.479 e. The van der Waals surface area contributed by atoms with Crippen molar-refractivity contribution < 1.29 is 24.6 Å². The number of aliphatic hydroxyl groups is 1. The normalized spacial score (nSPS) is 11.4. The number of carbonyl (C=O) groups excluding carboxylic acids is 2. The van der Waals surface area contributed by atoms with Crippen LogP contribution in [0.2, 0.25) is 0 Å². The summed E-state index contributed by atoms with van der Waals surface area (Å²) in [6.07, 6.45) is -1.59. The molecule has 0 aliphatic carbocycles. The van der Waals surface area contributed by atoms with Gasteiger partial charge in [0.05, 0.1) is 6.54 Å². The average molecular weight is 280 g/mol. The third kappa shape index (κ3) is 5.49. The van der Waals surface area contributed by atoms with Crippen molar-refractivity contribution in [1.82, 2.24) is 10.6 Å². The molecular weight excluding hydrogens is 264 g/mol. The van der Waals surface area contributed by atoms with Crippen molar-refractivity contribution >= 4 is 17.8 Å². The second-order valence-corrected chi connectivity index (χ2v) is 4.04. The van der Waals surface area contributed by atoms with E-state index in [0.717, 1.165) is 0 Å². The van der Waals surface area contributed by atoms with E-state index in [2.05, 4.69) is 10.6 Å². The highest BCUT2D eigenvalue weighted by Gasteiger charge is 2.13. The molecule has 0 radical (unpaired) electrons. The van der Waals surface area contributed by atoms with E-state index in [1.165, 1.54) is 0 Å². The van der Waals surface area contributed by atoms with E-state index >= 15 is 0 Å². The third-order valence-electron chi connectivity index (χ3n) is 2.47. The first-order valence-corrected chi connectivity index (χ1v) is 6.01. The van der Waals surface area contributed by atoms with Gasteiger partial charge < -0.3 is 20.8 Å². The Morgan fingerprint density at radius 2 is 1.75 bits per heavy atom. The highest BCUT2D eigenvalue weighted by atomic mass is 16.4. The van der Waals surface area contributed by atoms with Gasteiger partial charge in [-0.05, 0) is 12.1 Å². The Balaban J connectivity index is 2.23. The van der Waals surface area contributed by atoms with Crippen LogP contribution in [0.5, 0.6) is 0 Å². The van der Waals surface area contributed by atoms with Crippen LogP contribution in [-0.2, 0) is 9.59 Å². The van der Waals surface area contributed by atoms with Crippen molar-refractivity contribution in [2.24, 2.45) is 0 Å². The van der Waals surface area contributed by atoms with Gasteiger partial charge in [-0.25, -0.2) is 4.79 Å². The quantitative estimate of drug-likeness (QED) is 0.530. The predicted octanol–water partition coefficient (Wildman–Crippen LogP) is -0.632. The Hall–Kier alpha value is -2.41. The van der Waals surface area contributed by atoms with Gasteiger partial charge in [-0.2, -0.15) is 0 Å². The Bertz CT molecular complexity index is 475. The number of amides is 2. The maximum atomic E-state index is 11.6. The number of carboxylic acid groups (broad SMARTS) is 1. The van der Waals surface area contributed by atoms with E-state index in [1.807, 2.05) is 0 Å². The number of hydrogen-bond donors (Lipinski definition) is 4. The molecule has 1 atom stereocenters. The molecule has 0 fully saturated rings. The molecular formula is C13H16N2O5. The summed E-state index contributed by atoms with van der Waals surface area (Å²) in [5.74, 6) is -2.16. The SMILES string of the molecule is O=C(CNC(=O)c1ccccc1)NCCC(O)C(=O)O. The van der Waals surface area contributed by atoms with Gasteiger partial charge >= 0.3 is 5.97 Å². The van der Waals surface area contributed by atoms with Gasteiger partial charge in [-0.3, -0.25) is 9.59 Å². The lowest BCUT2D eigenvalue weighted by atomic mass is 10.2. The summed E-state index contributed by atoms with van der Waals surface area (Å²) in [6.45, 7) is -0.190. The van der Waals surface area contributed by atoms with Crippen molar-refractivity contribution in [3.63, 3.8) is 0 Å². The highest BCUT2D eigenvalue weighted by Crippen LogP contribution is 1.97. The van der Waals surface area contributed by atoms with Crippen LogP contribution < -0.4 is 10.6 Å². The number of carboxylic acids is 1. The maximum absolute atomic E-state index is 11.6. The van der Waals surface area contributed by atoms with Gasteiger partial charge in [-0.1, -0.05) is 18.2 Å². The molecule has 0 aromatic heterocycles. The van der Waals surface area contributed by atoms with Gasteiger partial charge in [0.15, 0.2) is 6.10 Å². The minimum absolute atomic E-state index is 0.0213. The predicted molar refractivity (Wildman–Crippen MR) is 70.0 cm³/mol. The Morgan fingerprint density at radius 1 is 1.10 bits per heavy atom. The molecule has 0 heterocycles. The molecule has 20 heavy (non-hydrogen) atoms. The molecule has 0 aliphatic heterocycles. The molecule has 0 aliphatic rings. The largest absolute Gasteiger partial charge is 0.479 e. The van der Waals surface area contributed by atoms with Crippen LogP contribution in [0.3, 0.4) is 0 Å². The molecule has 1 aromatic rings. The molecule has 0 spiro atoms. The average Bonchev–Trinajstić information content (AvgIpc) is 2.45. The standard InChI is InChI=1S/C13H16N2O5/c16-10(13(19)20)6-7-14-11(17)8-15-12(18)9-4-2-1-3-5-9/h1-5,10,16H,6-8H2,(H,14,17)(H,15,18)(H,19,20). The topological polar surface area (TPSA) is 116 Å². The van der Waals surface area contributed by atoms with Gasteiger partial charge in [-0.15, -0.1) is 0 Å². The number of aliphatic carboxylic acids is 1. The number of carbonyl (C=O) groups is 3. The lowest BCUT2D eigenvalue weighted by molar-refractivity contribution is -0.147. The lowest BCUT2D eigenvalue weighted by Gasteiger charge is -2.08. The smallest absolute Gasteiger partial charge is 0.332 e. The van der Waals surface area contributed by atoms with Crippen LogP contribution in [0.15, 0.2) is 30.3 Å². The summed E-state index contributed by atoms with van der Waals surface area (Å²) in [6, 6.07) is 8.44. The van der Waals surface area contributed by atoms with E-state index < -0.39 is 18.0 Å². The molecule has 1 unspecified atom stereocenters. The number of hydrogen-bond acceptors (Lipinski definition) is 4. The van der Waals surface area contributed by atoms with E-state index in [1.54, 1.807) is 30.3 Å². The zero-order valence-electron chi connectivity index (χ0n) is 10.7. The summed E-state index contributed by atoms with van der Waals surface area (Å²) in [5, 5.41) is 22.2. The van der Waals surface area contributed by atoms with E-state index in [4.69, 9.17) is 10.2 Å². The number of nitrogens with one attached hydrogen (secondary N) is 2. The Morgan fingerprint density at radius 3 is 2.35 bits per heavy atom. The summed E-state index contributed by atoms with van der Waals surface area (Å²) in [4.78, 5) is 33.3. The van der Waals surface area contributed by atoms with Crippen molar-refractivity contribution in [2.75, 3.05) is 13.1 Å². The fourth-order valence-corrected chi connectivity index (χ4v) is 1.39. The molecule has 2 amide bonds. The summed E-state index contributed by atoms with van der Waals surface area (Å²) in [5.41, 5.74) is 0.446. The number of rotatable bonds is 7. The third-order valence-corrected chi connectivity index (χ3v) is 2.47. The van der Waals surface area contributed by atoms with Crippen molar-refractivity contribution in [2.45, 2.75) is 12.5 Å². The van der Waals surface area contributed by atoms with Crippen molar-refractivity contribution in [3.8, 4) is 0 Å². The minimum atomic E-state index is -1.51. The second kappa shape index (κ2) is 7.90. The number of benzene rings is 1. The Labute approximate surface area is 115 Å². The first-order chi connectivity index (χ1) is 9.50. The number of aliphatic hydroxyl groups excluding tert-OH is 1. The first kappa shape index (κ1) is 15.6. The van der Waals surface area contributed by atoms with Crippen LogP contribution in [0.1, 0.15) is 16.8 Å². The maximum Gasteiger partial charge on any atom is 0.332 e. The lowest BCUT2D eigenvalue weighted by Crippen LogP contribution is -2.38. The molecule has 7 heteroatoms. The fraction of sp³-hybridized carbons (Fsp3) is 0.308. The monoisotopic (exact) mass is 280 g/mol. The fourth-order valence-electron chi connectivity index (χ4n) is 1.39. The molecule has 108 valence electrons. The van der Waals surface area contributed by atoms with E-state index in [9.17, 15) is 14.4 Å². The molecule has 4 N–H and O–H groups in total. The van der Waals surface area contributed by atoms with Crippen LogP contribution >= 0.6 is 0 Å². The summed E-state index contributed by atoms with van der Waals surface area (Å²) < 4.78 is 0. The van der Waals surface area contributed by atoms with E-state index in [-0.39, 0.29) is 25.4 Å².